The summed E-state index contributed by atoms with van der Waals surface area (Å²) in [6.07, 6.45) is 3.30. The third kappa shape index (κ3) is 3.42. The normalized spacial score (nSPS) is 10.7. The molecule has 3 rings (SSSR count). The van der Waals surface area contributed by atoms with E-state index in [1.54, 1.807) is 25.4 Å². The van der Waals surface area contributed by atoms with Crippen LogP contribution in [0.3, 0.4) is 0 Å². The van der Waals surface area contributed by atoms with E-state index in [4.69, 9.17) is 10.5 Å². The van der Waals surface area contributed by atoms with Crippen molar-refractivity contribution in [1.82, 2.24) is 15.3 Å². The minimum absolute atomic E-state index is 0.147. The van der Waals surface area contributed by atoms with Crippen molar-refractivity contribution >= 4 is 39.1 Å². The van der Waals surface area contributed by atoms with E-state index in [0.717, 1.165) is 16.9 Å². The Balaban J connectivity index is 1.90. The Morgan fingerprint density at radius 2 is 2.23 bits per heavy atom. The lowest BCUT2D eigenvalue weighted by atomic mass is 10.2. The third-order valence-electron chi connectivity index (χ3n) is 3.62. The van der Waals surface area contributed by atoms with Crippen LogP contribution in [-0.2, 0) is 11.3 Å². The van der Waals surface area contributed by atoms with Gasteiger partial charge in [0.05, 0.1) is 12.3 Å². The summed E-state index contributed by atoms with van der Waals surface area (Å²) in [6.45, 7) is 2.09. The first kappa shape index (κ1) is 17.6. The number of hydrogen-bond acceptors (Lipinski definition) is 7. The van der Waals surface area contributed by atoms with Crippen LogP contribution in [0.2, 0.25) is 0 Å². The number of aromatic amines is 1. The number of carbonyl (C=O) groups is 2. The van der Waals surface area contributed by atoms with E-state index in [1.165, 1.54) is 6.07 Å². The topological polar surface area (TPSA) is 127 Å². The number of hydrogen-bond donors (Lipinski definition) is 3. The van der Waals surface area contributed by atoms with Crippen molar-refractivity contribution in [2.75, 3.05) is 12.3 Å². The molecule has 8 nitrogen and oxygen atoms in total. The number of nitrogens with two attached hydrogens (primary N) is 1. The highest BCUT2D eigenvalue weighted by Crippen LogP contribution is 2.32. The Morgan fingerprint density at radius 1 is 1.42 bits per heavy atom. The van der Waals surface area contributed by atoms with Crippen LogP contribution in [0, 0.1) is 0 Å². The molecule has 9 heteroatoms. The van der Waals surface area contributed by atoms with Crippen LogP contribution in [0.5, 0.6) is 0 Å². The number of aromatic nitrogens is 2. The molecule has 0 fully saturated rings. The molecule has 0 aliphatic heterocycles. The number of anilines is 1. The van der Waals surface area contributed by atoms with Gasteiger partial charge in [0, 0.05) is 24.3 Å². The second kappa shape index (κ2) is 7.36. The fourth-order valence-corrected chi connectivity index (χ4v) is 3.38. The van der Waals surface area contributed by atoms with Crippen LogP contribution in [0.1, 0.15) is 32.5 Å². The summed E-state index contributed by atoms with van der Waals surface area (Å²) in [7, 11) is 0. The maximum Gasteiger partial charge on any atom is 0.343 e. The van der Waals surface area contributed by atoms with Gasteiger partial charge >= 0.3 is 5.97 Å². The molecule has 0 spiro atoms. The number of nitrogens with zero attached hydrogens (tertiary/aromatic N) is 1. The van der Waals surface area contributed by atoms with E-state index in [0.29, 0.717) is 16.8 Å². The van der Waals surface area contributed by atoms with Crippen molar-refractivity contribution < 1.29 is 14.3 Å². The summed E-state index contributed by atoms with van der Waals surface area (Å²) in [5.74, 6) is -1.10. The average Bonchev–Trinajstić information content (AvgIpc) is 2.96. The van der Waals surface area contributed by atoms with Gasteiger partial charge in [-0.25, -0.2) is 4.79 Å². The van der Waals surface area contributed by atoms with Gasteiger partial charge < -0.3 is 20.8 Å². The van der Waals surface area contributed by atoms with E-state index >= 15 is 0 Å². The first-order valence-electron chi connectivity index (χ1n) is 7.80. The number of nitrogen functional groups attached to an aromatic ring is 1. The molecule has 4 N–H and O–H groups in total. The molecule has 3 heterocycles. The summed E-state index contributed by atoms with van der Waals surface area (Å²) in [4.78, 5) is 43.6. The van der Waals surface area contributed by atoms with Gasteiger partial charge in [-0.05, 0) is 24.6 Å². The van der Waals surface area contributed by atoms with Gasteiger partial charge in [0.25, 0.3) is 11.5 Å². The summed E-state index contributed by atoms with van der Waals surface area (Å²) >= 11 is 1.05. The number of ether oxygens (including phenoxy) is 1. The molecule has 26 heavy (non-hydrogen) atoms. The Labute approximate surface area is 152 Å². The molecular formula is C17H16N4O4S. The van der Waals surface area contributed by atoms with Gasteiger partial charge in [-0.15, -0.1) is 11.3 Å². The van der Waals surface area contributed by atoms with Crippen LogP contribution in [0.15, 0.2) is 35.4 Å². The number of fused-ring (bicyclic) bond motifs is 1. The fraction of sp³-hybridized carbons (Fsp3) is 0.176. The Hall–Kier alpha value is -3.20. The highest BCUT2D eigenvalue weighted by Gasteiger charge is 2.20. The number of amides is 1. The predicted molar refractivity (Wildman–Crippen MR) is 98.2 cm³/mol. The van der Waals surface area contributed by atoms with Crippen molar-refractivity contribution in [3.63, 3.8) is 0 Å². The summed E-state index contributed by atoms with van der Waals surface area (Å²) in [6, 6.07) is 4.97. The van der Waals surface area contributed by atoms with E-state index in [9.17, 15) is 14.4 Å². The Kier molecular flexibility index (Phi) is 4.99. The van der Waals surface area contributed by atoms with Gasteiger partial charge in [-0.3, -0.25) is 14.6 Å². The quantitative estimate of drug-likeness (QED) is 0.585. The van der Waals surface area contributed by atoms with Crippen LogP contribution in [-0.4, -0.2) is 28.5 Å². The van der Waals surface area contributed by atoms with Crippen molar-refractivity contribution in [3.8, 4) is 0 Å². The van der Waals surface area contributed by atoms with E-state index in [2.05, 4.69) is 15.3 Å². The Morgan fingerprint density at radius 3 is 2.92 bits per heavy atom. The molecule has 0 aliphatic rings. The standard InChI is InChI=1S/C17H16N4O4S/c1-2-25-17(24)11-6-10-12(18)13(26-16(10)21-14(11)22)15(23)20-8-9-4-3-5-19-7-9/h3-7H,2,8,18H2,1H3,(H,20,23)(H,21,22). The number of rotatable bonds is 5. The second-order valence-electron chi connectivity index (χ2n) is 5.36. The van der Waals surface area contributed by atoms with Gasteiger partial charge in [0.2, 0.25) is 0 Å². The van der Waals surface area contributed by atoms with Crippen LogP contribution < -0.4 is 16.6 Å². The second-order valence-corrected chi connectivity index (χ2v) is 6.38. The maximum atomic E-state index is 12.4. The molecule has 0 saturated heterocycles. The molecule has 3 aromatic heterocycles. The van der Waals surface area contributed by atoms with Gasteiger partial charge in [-0.2, -0.15) is 0 Å². The molecule has 134 valence electrons. The number of pyridine rings is 2. The average molecular weight is 372 g/mol. The molecule has 0 saturated carbocycles. The molecule has 0 aromatic carbocycles. The van der Waals surface area contributed by atoms with E-state index in [1.807, 2.05) is 6.07 Å². The highest BCUT2D eigenvalue weighted by molar-refractivity contribution is 7.21. The summed E-state index contributed by atoms with van der Waals surface area (Å²) in [5.41, 5.74) is 6.38. The molecule has 3 aromatic rings. The molecule has 0 aliphatic carbocycles. The highest BCUT2D eigenvalue weighted by atomic mass is 32.1. The fourth-order valence-electron chi connectivity index (χ4n) is 2.37. The zero-order valence-corrected chi connectivity index (χ0v) is 14.7. The lowest BCUT2D eigenvalue weighted by molar-refractivity contribution is 0.0524. The minimum Gasteiger partial charge on any atom is -0.462 e. The molecule has 0 unspecified atom stereocenters. The van der Waals surface area contributed by atoms with Crippen molar-refractivity contribution in [2.24, 2.45) is 0 Å². The lowest BCUT2D eigenvalue weighted by Gasteiger charge is -2.04. The monoisotopic (exact) mass is 372 g/mol. The van der Waals surface area contributed by atoms with Gasteiger partial charge in [0.1, 0.15) is 15.3 Å². The van der Waals surface area contributed by atoms with Crippen molar-refractivity contribution in [3.05, 3.63) is 57.0 Å². The van der Waals surface area contributed by atoms with E-state index in [-0.39, 0.29) is 28.6 Å². The molecule has 0 radical (unpaired) electrons. The molecule has 0 atom stereocenters. The lowest BCUT2D eigenvalue weighted by Crippen LogP contribution is -2.22. The van der Waals surface area contributed by atoms with Crippen molar-refractivity contribution in [1.29, 1.82) is 0 Å². The van der Waals surface area contributed by atoms with Crippen LogP contribution in [0.25, 0.3) is 10.2 Å². The molecule has 1 amide bonds. The summed E-state index contributed by atoms with van der Waals surface area (Å²) in [5, 5.41) is 3.19. The number of thiophene rings is 1. The van der Waals surface area contributed by atoms with E-state index < -0.39 is 11.5 Å². The SMILES string of the molecule is CCOC(=O)c1cc2c(N)c(C(=O)NCc3cccnc3)sc2[nH]c1=O. The first-order valence-corrected chi connectivity index (χ1v) is 8.62. The number of nitrogens with one attached hydrogen (secondary N) is 2. The summed E-state index contributed by atoms with van der Waals surface area (Å²) < 4.78 is 4.86. The smallest absolute Gasteiger partial charge is 0.343 e. The number of carbonyl (C=O) groups excluding carboxylic acids is 2. The van der Waals surface area contributed by atoms with Crippen molar-refractivity contribution in [2.45, 2.75) is 13.5 Å². The Bertz CT molecular complexity index is 1030. The maximum absolute atomic E-state index is 12.4. The number of esters is 1. The zero-order valence-electron chi connectivity index (χ0n) is 13.9. The van der Waals surface area contributed by atoms with Crippen LogP contribution >= 0.6 is 11.3 Å². The minimum atomic E-state index is -0.733. The largest absolute Gasteiger partial charge is 0.462 e. The zero-order chi connectivity index (χ0) is 18.7. The van der Waals surface area contributed by atoms with Gasteiger partial charge in [-0.1, -0.05) is 6.07 Å². The molecule has 0 bridgehead atoms. The van der Waals surface area contributed by atoms with Gasteiger partial charge in [0.15, 0.2) is 0 Å². The first-order chi connectivity index (χ1) is 12.5. The molecular weight excluding hydrogens is 356 g/mol. The predicted octanol–water partition coefficient (Wildman–Crippen LogP) is 1.67. The third-order valence-corrected chi connectivity index (χ3v) is 4.76. The van der Waals surface area contributed by atoms with Crippen LogP contribution in [0.4, 0.5) is 5.69 Å². The number of H-pyrrole nitrogens is 1.